The smallest absolute Gasteiger partial charge is 0.191 e. The Morgan fingerprint density at radius 2 is 2.16 bits per heavy atom. The summed E-state index contributed by atoms with van der Waals surface area (Å²) in [5.74, 6) is 1.71. The number of rotatable bonds is 9. The van der Waals surface area contributed by atoms with E-state index in [9.17, 15) is 4.39 Å². The third-order valence-corrected chi connectivity index (χ3v) is 2.63. The standard InChI is InChI=1S/C14H24FN3O/c1-2-3-9-16-14(17-10-5-8-15)18-11-7-13-6-4-12-19-13/h4,6,12H,2-3,5,7-11H2,1H3,(H2,16,17,18). The maximum atomic E-state index is 12.1. The van der Waals surface area contributed by atoms with Crippen molar-refractivity contribution in [3.8, 4) is 0 Å². The second-order valence-electron chi connectivity index (χ2n) is 4.31. The highest BCUT2D eigenvalue weighted by molar-refractivity contribution is 5.79. The van der Waals surface area contributed by atoms with Gasteiger partial charge in [0, 0.05) is 26.1 Å². The first-order valence-electron chi connectivity index (χ1n) is 6.97. The predicted octanol–water partition coefficient (Wildman–Crippen LogP) is 2.52. The molecule has 0 atom stereocenters. The molecule has 0 saturated carbocycles. The topological polar surface area (TPSA) is 49.6 Å². The van der Waals surface area contributed by atoms with Crippen LogP contribution in [0.1, 0.15) is 31.9 Å². The van der Waals surface area contributed by atoms with Gasteiger partial charge in [-0.05, 0) is 25.0 Å². The van der Waals surface area contributed by atoms with Crippen molar-refractivity contribution in [2.24, 2.45) is 4.99 Å². The zero-order chi connectivity index (χ0) is 13.8. The normalized spacial score (nSPS) is 11.6. The van der Waals surface area contributed by atoms with E-state index >= 15 is 0 Å². The van der Waals surface area contributed by atoms with Crippen molar-refractivity contribution in [2.45, 2.75) is 32.6 Å². The Labute approximate surface area is 114 Å². The summed E-state index contributed by atoms with van der Waals surface area (Å²) in [5.41, 5.74) is 0. The minimum absolute atomic E-state index is 0.321. The molecular weight excluding hydrogens is 245 g/mol. The number of nitrogens with zero attached hydrogens (tertiary/aromatic N) is 1. The molecule has 19 heavy (non-hydrogen) atoms. The fraction of sp³-hybridized carbons (Fsp3) is 0.643. The van der Waals surface area contributed by atoms with Gasteiger partial charge in [0.15, 0.2) is 5.96 Å². The van der Waals surface area contributed by atoms with Crippen molar-refractivity contribution >= 4 is 5.96 Å². The van der Waals surface area contributed by atoms with Gasteiger partial charge in [0.1, 0.15) is 5.76 Å². The molecule has 0 aliphatic carbocycles. The second-order valence-corrected chi connectivity index (χ2v) is 4.31. The van der Waals surface area contributed by atoms with Crippen molar-refractivity contribution in [1.29, 1.82) is 0 Å². The SMILES string of the molecule is CCCCNC(=NCCCF)NCCc1ccco1. The molecule has 1 heterocycles. The molecule has 0 aliphatic rings. The molecule has 2 N–H and O–H groups in total. The molecule has 0 bridgehead atoms. The summed E-state index contributed by atoms with van der Waals surface area (Å²) >= 11 is 0. The van der Waals surface area contributed by atoms with Crippen LogP contribution in [0.3, 0.4) is 0 Å². The van der Waals surface area contributed by atoms with Gasteiger partial charge in [0.05, 0.1) is 12.9 Å². The average Bonchev–Trinajstić information content (AvgIpc) is 2.92. The number of hydrogen-bond donors (Lipinski definition) is 2. The summed E-state index contributed by atoms with van der Waals surface area (Å²) in [5, 5.41) is 6.48. The Kier molecular flexibility index (Phi) is 8.51. The molecule has 1 aromatic heterocycles. The molecular formula is C14H24FN3O. The Hall–Kier alpha value is -1.52. The number of unbranched alkanes of at least 4 members (excludes halogenated alkanes) is 1. The number of furan rings is 1. The average molecular weight is 269 g/mol. The first-order valence-corrected chi connectivity index (χ1v) is 6.97. The molecule has 0 aliphatic heterocycles. The van der Waals surface area contributed by atoms with Gasteiger partial charge in [-0.1, -0.05) is 13.3 Å². The first kappa shape index (κ1) is 15.5. The molecule has 0 spiro atoms. The van der Waals surface area contributed by atoms with Crippen LogP contribution >= 0.6 is 0 Å². The van der Waals surface area contributed by atoms with Gasteiger partial charge in [0.25, 0.3) is 0 Å². The quantitative estimate of drug-likeness (QED) is 0.411. The van der Waals surface area contributed by atoms with Crippen LogP contribution in [0.25, 0.3) is 0 Å². The largest absolute Gasteiger partial charge is 0.469 e. The van der Waals surface area contributed by atoms with Gasteiger partial charge >= 0.3 is 0 Å². The van der Waals surface area contributed by atoms with Crippen LogP contribution < -0.4 is 10.6 Å². The van der Waals surface area contributed by atoms with Crippen LogP contribution in [0, 0.1) is 0 Å². The molecule has 1 rings (SSSR count). The van der Waals surface area contributed by atoms with Crippen LogP contribution in [0.5, 0.6) is 0 Å². The van der Waals surface area contributed by atoms with E-state index in [2.05, 4.69) is 22.5 Å². The molecule has 0 radical (unpaired) electrons. The predicted molar refractivity (Wildman–Crippen MR) is 76.2 cm³/mol. The van der Waals surface area contributed by atoms with Crippen LogP contribution in [-0.2, 0) is 6.42 Å². The van der Waals surface area contributed by atoms with Gasteiger partial charge < -0.3 is 15.1 Å². The van der Waals surface area contributed by atoms with Gasteiger partial charge in [-0.25, -0.2) is 0 Å². The van der Waals surface area contributed by atoms with Crippen LogP contribution in [0.15, 0.2) is 27.8 Å². The van der Waals surface area contributed by atoms with Crippen molar-refractivity contribution in [2.75, 3.05) is 26.3 Å². The number of aliphatic imine (C=N–C) groups is 1. The zero-order valence-corrected chi connectivity index (χ0v) is 11.6. The number of guanidine groups is 1. The molecule has 0 saturated heterocycles. The number of hydrogen-bond acceptors (Lipinski definition) is 2. The Morgan fingerprint density at radius 1 is 1.32 bits per heavy atom. The van der Waals surface area contributed by atoms with Crippen molar-refractivity contribution in [3.63, 3.8) is 0 Å². The highest BCUT2D eigenvalue weighted by Gasteiger charge is 1.99. The molecule has 0 unspecified atom stereocenters. The minimum Gasteiger partial charge on any atom is -0.469 e. The second kappa shape index (κ2) is 10.4. The summed E-state index contributed by atoms with van der Waals surface area (Å²) < 4.78 is 17.3. The Bertz CT molecular complexity index is 338. The summed E-state index contributed by atoms with van der Waals surface area (Å²) in [6.07, 6.45) is 5.19. The summed E-state index contributed by atoms with van der Waals surface area (Å²) in [4.78, 5) is 4.33. The fourth-order valence-electron chi connectivity index (χ4n) is 1.57. The molecule has 108 valence electrons. The summed E-state index contributed by atoms with van der Waals surface area (Å²) in [6, 6.07) is 3.83. The molecule has 0 aromatic carbocycles. The minimum atomic E-state index is -0.321. The lowest BCUT2D eigenvalue weighted by molar-refractivity contribution is 0.477. The Morgan fingerprint density at radius 3 is 2.84 bits per heavy atom. The summed E-state index contributed by atoms with van der Waals surface area (Å²) in [7, 11) is 0. The van der Waals surface area contributed by atoms with Gasteiger partial charge in [-0.15, -0.1) is 0 Å². The van der Waals surface area contributed by atoms with Crippen molar-refractivity contribution < 1.29 is 8.81 Å². The lowest BCUT2D eigenvalue weighted by Crippen LogP contribution is -2.39. The van der Waals surface area contributed by atoms with Crippen molar-refractivity contribution in [3.05, 3.63) is 24.2 Å². The lowest BCUT2D eigenvalue weighted by Gasteiger charge is -2.11. The molecule has 0 amide bonds. The van der Waals surface area contributed by atoms with E-state index in [4.69, 9.17) is 4.42 Å². The van der Waals surface area contributed by atoms with Crippen LogP contribution in [0.4, 0.5) is 4.39 Å². The maximum absolute atomic E-state index is 12.1. The highest BCUT2D eigenvalue weighted by Crippen LogP contribution is 1.99. The van der Waals surface area contributed by atoms with Gasteiger partial charge in [-0.3, -0.25) is 9.38 Å². The van der Waals surface area contributed by atoms with E-state index in [1.165, 1.54) is 0 Å². The maximum Gasteiger partial charge on any atom is 0.191 e. The molecule has 5 heteroatoms. The fourth-order valence-corrected chi connectivity index (χ4v) is 1.57. The molecule has 1 aromatic rings. The van der Waals surface area contributed by atoms with Gasteiger partial charge in [-0.2, -0.15) is 0 Å². The van der Waals surface area contributed by atoms with E-state index in [0.717, 1.165) is 44.1 Å². The van der Waals surface area contributed by atoms with E-state index < -0.39 is 0 Å². The van der Waals surface area contributed by atoms with Crippen LogP contribution in [-0.4, -0.2) is 32.3 Å². The first-order chi connectivity index (χ1) is 9.36. The van der Waals surface area contributed by atoms with E-state index in [0.29, 0.717) is 13.0 Å². The van der Waals surface area contributed by atoms with Crippen LogP contribution in [0.2, 0.25) is 0 Å². The number of alkyl halides is 1. The van der Waals surface area contributed by atoms with Crippen molar-refractivity contribution in [1.82, 2.24) is 10.6 Å². The molecule has 0 fully saturated rings. The monoisotopic (exact) mass is 269 g/mol. The lowest BCUT2D eigenvalue weighted by atomic mass is 10.3. The summed E-state index contributed by atoms with van der Waals surface area (Å²) in [6.45, 7) is 3.97. The third kappa shape index (κ3) is 7.49. The van der Waals surface area contributed by atoms with E-state index in [1.54, 1.807) is 6.26 Å². The Balaban J connectivity index is 2.28. The van der Waals surface area contributed by atoms with E-state index in [-0.39, 0.29) is 6.67 Å². The number of halogens is 1. The zero-order valence-electron chi connectivity index (χ0n) is 11.6. The molecule has 4 nitrogen and oxygen atoms in total. The van der Waals surface area contributed by atoms with Gasteiger partial charge in [0.2, 0.25) is 0 Å². The van der Waals surface area contributed by atoms with E-state index in [1.807, 2.05) is 12.1 Å². The highest BCUT2D eigenvalue weighted by atomic mass is 19.1. The number of nitrogens with one attached hydrogen (secondary N) is 2. The third-order valence-electron chi connectivity index (χ3n) is 2.63.